The van der Waals surface area contributed by atoms with E-state index < -0.39 is 29.6 Å². The van der Waals surface area contributed by atoms with Gasteiger partial charge in [-0.2, -0.15) is 5.01 Å². The molecule has 2 aromatic rings. The number of hydrogen-bond donors (Lipinski definition) is 0. The van der Waals surface area contributed by atoms with Gasteiger partial charge in [0.1, 0.15) is 0 Å². The fraction of sp³-hybridized carbons (Fsp3) is 0.261. The highest BCUT2D eigenvalue weighted by Crippen LogP contribution is 2.40. The van der Waals surface area contributed by atoms with Crippen LogP contribution in [0.25, 0.3) is 0 Å². The zero-order valence-electron chi connectivity index (χ0n) is 16.6. The van der Waals surface area contributed by atoms with Crippen molar-refractivity contribution in [3.05, 3.63) is 80.8 Å². The Bertz CT molecular complexity index is 1100. The third-order valence-corrected chi connectivity index (χ3v) is 6.68. The molecule has 1 saturated heterocycles. The molecule has 3 amide bonds. The van der Waals surface area contributed by atoms with Gasteiger partial charge in [-0.3, -0.25) is 14.4 Å². The van der Waals surface area contributed by atoms with Crippen LogP contribution in [-0.2, 0) is 16.1 Å². The zero-order chi connectivity index (χ0) is 22.3. The summed E-state index contributed by atoms with van der Waals surface area (Å²) in [5.41, 5.74) is 0.740. The quantitative estimate of drug-likeness (QED) is 0.437. The maximum absolute atomic E-state index is 13.5. The van der Waals surface area contributed by atoms with Crippen molar-refractivity contribution < 1.29 is 14.4 Å². The van der Waals surface area contributed by atoms with Crippen LogP contribution in [0.15, 0.2) is 54.6 Å². The molecule has 0 bridgehead atoms. The van der Waals surface area contributed by atoms with Crippen molar-refractivity contribution in [2.24, 2.45) is 17.8 Å². The molecular weight excluding hydrogens is 459 g/mol. The number of halogens is 3. The van der Waals surface area contributed by atoms with Crippen molar-refractivity contribution in [1.29, 1.82) is 0 Å². The molecule has 1 aliphatic heterocycles. The van der Waals surface area contributed by atoms with Crippen LogP contribution in [0.5, 0.6) is 0 Å². The second-order valence-corrected chi connectivity index (χ2v) is 8.97. The molecule has 8 heteroatoms. The minimum Gasteiger partial charge on any atom is -0.272 e. The van der Waals surface area contributed by atoms with Gasteiger partial charge in [0.2, 0.25) is 0 Å². The van der Waals surface area contributed by atoms with E-state index in [1.54, 1.807) is 42.5 Å². The summed E-state index contributed by atoms with van der Waals surface area (Å²) >= 11 is 18.6. The van der Waals surface area contributed by atoms with Crippen LogP contribution in [-0.4, -0.2) is 27.7 Å². The lowest BCUT2D eigenvalue weighted by atomic mass is 9.78. The Labute approximate surface area is 195 Å². The molecule has 0 saturated carbocycles. The summed E-state index contributed by atoms with van der Waals surface area (Å²) in [5.74, 6) is -2.43. The maximum Gasteiger partial charge on any atom is 0.274 e. The van der Waals surface area contributed by atoms with Gasteiger partial charge in [-0.15, -0.1) is 0 Å². The van der Waals surface area contributed by atoms with E-state index in [2.05, 4.69) is 0 Å². The first kappa shape index (κ1) is 21.9. The van der Waals surface area contributed by atoms with Crippen molar-refractivity contribution in [2.45, 2.75) is 19.9 Å². The summed E-state index contributed by atoms with van der Waals surface area (Å²) < 4.78 is 0. The second-order valence-electron chi connectivity index (χ2n) is 7.72. The van der Waals surface area contributed by atoms with Gasteiger partial charge in [0, 0.05) is 10.0 Å². The molecule has 0 N–H and O–H groups in total. The molecule has 2 aliphatic rings. The monoisotopic (exact) mass is 476 g/mol. The van der Waals surface area contributed by atoms with Gasteiger partial charge >= 0.3 is 0 Å². The molecule has 0 aromatic heterocycles. The molecule has 0 unspecified atom stereocenters. The number of carbonyl (C=O) groups is 3. The Hall–Kier alpha value is -2.34. The highest BCUT2D eigenvalue weighted by molar-refractivity contribution is 6.35. The van der Waals surface area contributed by atoms with Gasteiger partial charge in [0.05, 0.1) is 29.0 Å². The summed E-state index contributed by atoms with van der Waals surface area (Å²) in [5, 5.41) is 3.13. The van der Waals surface area contributed by atoms with E-state index in [9.17, 15) is 14.4 Å². The summed E-state index contributed by atoms with van der Waals surface area (Å²) in [7, 11) is 0. The van der Waals surface area contributed by atoms with Crippen LogP contribution in [0.1, 0.15) is 29.3 Å². The predicted octanol–water partition coefficient (Wildman–Crippen LogP) is 5.40. The van der Waals surface area contributed by atoms with Gasteiger partial charge in [-0.05, 0) is 42.2 Å². The smallest absolute Gasteiger partial charge is 0.272 e. The van der Waals surface area contributed by atoms with Gasteiger partial charge in [0.25, 0.3) is 17.7 Å². The van der Waals surface area contributed by atoms with Crippen molar-refractivity contribution in [2.75, 3.05) is 0 Å². The van der Waals surface area contributed by atoms with E-state index in [-0.39, 0.29) is 23.0 Å². The summed E-state index contributed by atoms with van der Waals surface area (Å²) in [6, 6.07) is 11.4. The number of hydrogen-bond acceptors (Lipinski definition) is 3. The molecule has 5 nitrogen and oxygen atoms in total. The number of amides is 3. The molecule has 2 aromatic carbocycles. The molecule has 4 rings (SSSR count). The number of carbonyl (C=O) groups excluding carboxylic acids is 3. The van der Waals surface area contributed by atoms with Crippen LogP contribution in [0.3, 0.4) is 0 Å². The fourth-order valence-corrected chi connectivity index (χ4v) is 4.87. The fourth-order valence-electron chi connectivity index (χ4n) is 4.19. The van der Waals surface area contributed by atoms with Gasteiger partial charge in [-0.25, -0.2) is 5.01 Å². The molecule has 160 valence electrons. The van der Waals surface area contributed by atoms with E-state index in [1.165, 1.54) is 0 Å². The number of hydrazine groups is 1. The van der Waals surface area contributed by atoms with E-state index >= 15 is 0 Å². The number of rotatable bonds is 4. The summed E-state index contributed by atoms with van der Waals surface area (Å²) in [6.07, 6.45) is 4.31. The zero-order valence-corrected chi connectivity index (χ0v) is 18.9. The Morgan fingerprint density at radius 2 is 1.81 bits per heavy atom. The van der Waals surface area contributed by atoms with Crippen LogP contribution >= 0.6 is 34.8 Å². The average Bonchev–Trinajstić information content (AvgIpc) is 2.99. The third-order valence-electron chi connectivity index (χ3n) is 5.76. The van der Waals surface area contributed by atoms with E-state index in [4.69, 9.17) is 34.8 Å². The molecular formula is C23H19Cl3N2O3. The first-order valence-electron chi connectivity index (χ1n) is 9.84. The number of imide groups is 1. The molecule has 1 heterocycles. The molecule has 1 aliphatic carbocycles. The number of benzene rings is 2. The Morgan fingerprint density at radius 3 is 2.48 bits per heavy atom. The lowest BCUT2D eigenvalue weighted by molar-refractivity contribution is -0.155. The Kier molecular flexibility index (Phi) is 6.11. The average molecular weight is 478 g/mol. The van der Waals surface area contributed by atoms with Crippen molar-refractivity contribution >= 4 is 52.5 Å². The third kappa shape index (κ3) is 3.98. The van der Waals surface area contributed by atoms with Crippen molar-refractivity contribution in [1.82, 2.24) is 10.0 Å². The highest BCUT2D eigenvalue weighted by atomic mass is 35.5. The summed E-state index contributed by atoms with van der Waals surface area (Å²) in [4.78, 5) is 40.1. The molecule has 0 radical (unpaired) electrons. The highest BCUT2D eigenvalue weighted by Gasteiger charge is 2.53. The number of nitrogens with zero attached hydrogens (tertiary/aromatic N) is 2. The van der Waals surface area contributed by atoms with Crippen LogP contribution in [0.2, 0.25) is 15.1 Å². The first-order valence-corrected chi connectivity index (χ1v) is 11.0. The maximum atomic E-state index is 13.5. The normalized spacial score (nSPS) is 22.6. The first-order chi connectivity index (χ1) is 14.8. The Morgan fingerprint density at radius 1 is 1.06 bits per heavy atom. The second kappa shape index (κ2) is 8.65. The Balaban J connectivity index is 1.77. The van der Waals surface area contributed by atoms with Gasteiger partial charge < -0.3 is 0 Å². The van der Waals surface area contributed by atoms with Gasteiger partial charge in [-0.1, -0.05) is 72.1 Å². The van der Waals surface area contributed by atoms with Crippen molar-refractivity contribution in [3.8, 4) is 0 Å². The minimum atomic E-state index is -0.558. The van der Waals surface area contributed by atoms with Crippen LogP contribution in [0.4, 0.5) is 0 Å². The van der Waals surface area contributed by atoms with Crippen LogP contribution < -0.4 is 0 Å². The van der Waals surface area contributed by atoms with Gasteiger partial charge in [0.15, 0.2) is 0 Å². The number of allylic oxidation sites excluding steroid dienone is 2. The lowest BCUT2D eigenvalue weighted by Crippen LogP contribution is -2.50. The molecule has 3 atom stereocenters. The molecule has 1 fully saturated rings. The largest absolute Gasteiger partial charge is 0.274 e. The lowest BCUT2D eigenvalue weighted by Gasteiger charge is -2.31. The van der Waals surface area contributed by atoms with Crippen LogP contribution in [0, 0.1) is 17.8 Å². The topological polar surface area (TPSA) is 57.7 Å². The van der Waals surface area contributed by atoms with E-state index in [0.717, 1.165) is 10.0 Å². The summed E-state index contributed by atoms with van der Waals surface area (Å²) in [6.45, 7) is 1.82. The predicted molar refractivity (Wildman–Crippen MR) is 120 cm³/mol. The standard InChI is InChI=1S/C23H19Cl3N2O3/c1-13-5-4-7-17-20(13)23(31)28(22(17)30)27(12-14-9-10-15(24)11-19(14)26)21(29)16-6-2-3-8-18(16)25/h2-6,8-11,13,17,20H,7,12H2,1H3/t13-,17+,20-/m1/s1. The number of fused-ring (bicyclic) bond motifs is 1. The van der Waals surface area contributed by atoms with Crippen molar-refractivity contribution in [3.63, 3.8) is 0 Å². The van der Waals surface area contributed by atoms with E-state index in [0.29, 0.717) is 22.0 Å². The van der Waals surface area contributed by atoms with E-state index in [1.807, 2.05) is 19.1 Å². The SMILES string of the molecule is C[C@@H]1C=CC[C@@H]2C(=O)N(N(Cc3ccc(Cl)cc3Cl)C(=O)c3ccccc3Cl)C(=O)[C@H]12. The molecule has 0 spiro atoms. The minimum absolute atomic E-state index is 0.0845. The molecule has 31 heavy (non-hydrogen) atoms.